The molecule has 1 aliphatic rings. The summed E-state index contributed by atoms with van der Waals surface area (Å²) in [6, 6.07) is 0. The van der Waals surface area contributed by atoms with Crippen molar-refractivity contribution in [2.24, 2.45) is 10.9 Å². The van der Waals surface area contributed by atoms with E-state index in [9.17, 15) is 4.21 Å². The Morgan fingerprint density at radius 3 is 3.07 bits per heavy atom. The van der Waals surface area contributed by atoms with Crippen molar-refractivity contribution in [3.63, 3.8) is 0 Å². The van der Waals surface area contributed by atoms with Gasteiger partial charge in [-0.15, -0.1) is 0 Å². The van der Waals surface area contributed by atoms with Crippen LogP contribution in [-0.4, -0.2) is 40.2 Å². The van der Waals surface area contributed by atoms with Crippen LogP contribution in [0, 0.1) is 5.92 Å². The molecule has 0 spiro atoms. The Bertz CT molecular complexity index is 231. The first-order valence-electron chi connectivity index (χ1n) is 4.89. The van der Waals surface area contributed by atoms with Gasteiger partial charge in [-0.1, -0.05) is 18.7 Å². The molecule has 2 atom stereocenters. The van der Waals surface area contributed by atoms with Gasteiger partial charge in [-0.2, -0.15) is 0 Å². The van der Waals surface area contributed by atoms with Crippen molar-refractivity contribution in [3.8, 4) is 0 Å². The van der Waals surface area contributed by atoms with Gasteiger partial charge >= 0.3 is 0 Å². The van der Waals surface area contributed by atoms with Gasteiger partial charge in [-0.25, -0.2) is 0 Å². The number of hydrogen-bond donors (Lipinski definition) is 1. The summed E-state index contributed by atoms with van der Waals surface area (Å²) in [5.74, 6) is 2.64. The van der Waals surface area contributed by atoms with Crippen molar-refractivity contribution in [2.45, 2.75) is 13.3 Å². The smallest absolute Gasteiger partial charge is 0.156 e. The summed E-state index contributed by atoms with van der Waals surface area (Å²) in [5.41, 5.74) is 0. The molecule has 0 radical (unpaired) electrons. The molecule has 0 saturated carbocycles. The van der Waals surface area contributed by atoms with Gasteiger partial charge in [0.1, 0.15) is 0 Å². The summed E-state index contributed by atoms with van der Waals surface area (Å²) in [6.45, 7) is 4.04. The molecule has 1 aliphatic heterocycles. The third kappa shape index (κ3) is 5.00. The van der Waals surface area contributed by atoms with Crippen molar-refractivity contribution >= 4 is 27.7 Å². The van der Waals surface area contributed by atoms with E-state index in [1.807, 2.05) is 0 Å². The highest BCUT2D eigenvalue weighted by atomic mass is 32.2. The molecule has 3 nitrogen and oxygen atoms in total. The lowest BCUT2D eigenvalue weighted by atomic mass is 10.2. The van der Waals surface area contributed by atoms with E-state index in [0.29, 0.717) is 5.92 Å². The van der Waals surface area contributed by atoms with Crippen LogP contribution < -0.4 is 5.32 Å². The maximum Gasteiger partial charge on any atom is 0.156 e. The summed E-state index contributed by atoms with van der Waals surface area (Å²) in [4.78, 5) is 4.42. The highest BCUT2D eigenvalue weighted by Crippen LogP contribution is 2.15. The zero-order valence-electron chi connectivity index (χ0n) is 8.78. The lowest BCUT2D eigenvalue weighted by Crippen LogP contribution is -2.27. The molecule has 5 heteroatoms. The molecule has 0 aliphatic carbocycles. The predicted molar refractivity (Wildman–Crippen MR) is 65.5 cm³/mol. The van der Waals surface area contributed by atoms with Crippen molar-refractivity contribution < 1.29 is 4.21 Å². The Morgan fingerprint density at radius 1 is 1.71 bits per heavy atom. The number of aliphatic imine (C=N–C) groups is 1. The Kier molecular flexibility index (Phi) is 5.55. The summed E-state index contributed by atoms with van der Waals surface area (Å²) in [6.07, 6.45) is 2.70. The Hall–Kier alpha value is -0.0300. The van der Waals surface area contributed by atoms with E-state index in [4.69, 9.17) is 0 Å². The molecule has 0 aromatic carbocycles. The molecule has 1 rings (SSSR count). The lowest BCUT2D eigenvalue weighted by Gasteiger charge is -2.17. The fourth-order valence-corrected chi connectivity index (χ4v) is 2.60. The van der Waals surface area contributed by atoms with Crippen LogP contribution in [0.15, 0.2) is 4.99 Å². The van der Waals surface area contributed by atoms with E-state index in [0.717, 1.165) is 36.2 Å². The van der Waals surface area contributed by atoms with Gasteiger partial charge in [0.2, 0.25) is 0 Å². The molecule has 0 saturated heterocycles. The van der Waals surface area contributed by atoms with Crippen LogP contribution in [0.3, 0.4) is 0 Å². The number of thioether (sulfide) groups is 1. The monoisotopic (exact) mass is 234 g/mol. The second-order valence-corrected chi connectivity index (χ2v) is 6.18. The average Bonchev–Trinajstić information content (AvgIpc) is 2.15. The van der Waals surface area contributed by atoms with E-state index in [-0.39, 0.29) is 0 Å². The highest BCUT2D eigenvalue weighted by molar-refractivity contribution is 8.13. The standard InChI is InChI=1S/C9H18N2OS2/c1-8-6-11-9(13-7-8)10-4-3-5-14(2)12/h8H,3-7H2,1-2H3,(H,10,11). The van der Waals surface area contributed by atoms with E-state index in [2.05, 4.69) is 17.2 Å². The van der Waals surface area contributed by atoms with Gasteiger partial charge in [0.05, 0.1) is 0 Å². The van der Waals surface area contributed by atoms with Crippen molar-refractivity contribution in [3.05, 3.63) is 0 Å². The Labute approximate surface area is 92.6 Å². The van der Waals surface area contributed by atoms with Crippen molar-refractivity contribution in [2.75, 3.05) is 30.9 Å². The number of hydrogen-bond acceptors (Lipinski definition) is 4. The van der Waals surface area contributed by atoms with Crippen LogP contribution in [0.25, 0.3) is 0 Å². The molecule has 1 N–H and O–H groups in total. The Balaban J connectivity index is 2.10. The molecule has 0 bridgehead atoms. The molecule has 82 valence electrons. The molecular formula is C9H18N2OS2. The minimum absolute atomic E-state index is 0.664. The van der Waals surface area contributed by atoms with Crippen LogP contribution in [0.2, 0.25) is 0 Å². The van der Waals surface area contributed by atoms with Gasteiger partial charge in [0, 0.05) is 41.7 Å². The molecular weight excluding hydrogens is 216 g/mol. The molecule has 0 aromatic rings. The average molecular weight is 234 g/mol. The summed E-state index contributed by atoms with van der Waals surface area (Å²) in [5, 5.41) is 4.34. The molecule has 0 aromatic heterocycles. The molecule has 0 amide bonds. The van der Waals surface area contributed by atoms with E-state index >= 15 is 0 Å². The molecule has 2 unspecified atom stereocenters. The molecule has 0 fully saturated rings. The van der Waals surface area contributed by atoms with Crippen LogP contribution in [-0.2, 0) is 10.8 Å². The number of rotatable bonds is 4. The second-order valence-electron chi connectivity index (χ2n) is 3.62. The first-order valence-corrected chi connectivity index (χ1v) is 7.61. The predicted octanol–water partition coefficient (Wildman–Crippen LogP) is 1.08. The number of amidine groups is 1. The lowest BCUT2D eigenvalue weighted by molar-refractivity contribution is 0.667. The summed E-state index contributed by atoms with van der Waals surface area (Å²) >= 11 is 1.79. The number of nitrogens with one attached hydrogen (secondary N) is 1. The van der Waals surface area contributed by atoms with Crippen molar-refractivity contribution in [1.29, 1.82) is 0 Å². The van der Waals surface area contributed by atoms with Crippen LogP contribution in [0.4, 0.5) is 0 Å². The summed E-state index contributed by atoms with van der Waals surface area (Å²) < 4.78 is 10.8. The Morgan fingerprint density at radius 2 is 2.50 bits per heavy atom. The van der Waals surface area contributed by atoms with Crippen molar-refractivity contribution in [1.82, 2.24) is 5.32 Å². The van der Waals surface area contributed by atoms with Gasteiger partial charge in [-0.05, 0) is 12.3 Å². The fraction of sp³-hybridized carbons (Fsp3) is 0.889. The van der Waals surface area contributed by atoms with E-state index in [1.54, 1.807) is 18.0 Å². The SMILES string of the molecule is CC1CN=C(NCCCS(C)=O)SC1. The zero-order chi connectivity index (χ0) is 10.4. The zero-order valence-corrected chi connectivity index (χ0v) is 10.4. The van der Waals surface area contributed by atoms with Crippen LogP contribution in [0.1, 0.15) is 13.3 Å². The van der Waals surface area contributed by atoms with Gasteiger partial charge in [0.15, 0.2) is 5.17 Å². The fourth-order valence-electron chi connectivity index (χ4n) is 1.14. The topological polar surface area (TPSA) is 41.5 Å². The molecule has 14 heavy (non-hydrogen) atoms. The van der Waals surface area contributed by atoms with Gasteiger partial charge < -0.3 is 5.32 Å². The van der Waals surface area contributed by atoms with Crippen LogP contribution in [0.5, 0.6) is 0 Å². The van der Waals surface area contributed by atoms with Gasteiger partial charge in [-0.3, -0.25) is 9.20 Å². The van der Waals surface area contributed by atoms with Crippen LogP contribution >= 0.6 is 11.8 Å². The minimum Gasteiger partial charge on any atom is -0.365 e. The third-order valence-corrected chi connectivity index (χ3v) is 4.08. The number of nitrogens with zero attached hydrogens (tertiary/aromatic N) is 1. The largest absolute Gasteiger partial charge is 0.365 e. The maximum atomic E-state index is 10.8. The summed E-state index contributed by atoms with van der Waals surface area (Å²) in [7, 11) is -0.664. The first kappa shape index (κ1) is 12.0. The second kappa shape index (κ2) is 6.45. The highest BCUT2D eigenvalue weighted by Gasteiger charge is 2.10. The quantitative estimate of drug-likeness (QED) is 0.740. The third-order valence-electron chi connectivity index (χ3n) is 1.94. The van der Waals surface area contributed by atoms with Gasteiger partial charge in [0.25, 0.3) is 0 Å². The maximum absolute atomic E-state index is 10.8. The molecule has 1 heterocycles. The minimum atomic E-state index is -0.664. The first-order chi connectivity index (χ1) is 6.68. The van der Waals surface area contributed by atoms with E-state index in [1.165, 1.54) is 0 Å². The van der Waals surface area contributed by atoms with E-state index < -0.39 is 10.8 Å². The normalized spacial score (nSPS) is 24.1.